The number of hydrogen-bond acceptors (Lipinski definition) is 5. The number of sulfonamides is 1. The number of hydrogen-bond donors (Lipinski definition) is 2. The van der Waals surface area contributed by atoms with Crippen molar-refractivity contribution in [3.8, 4) is 0 Å². The SMILES string of the molecule is CC(C)CCCOC(=O)c1n[nH]c(C2CC2)c1S(N)(=O)=O. The summed E-state index contributed by atoms with van der Waals surface area (Å²) in [7, 11) is -4.01. The van der Waals surface area contributed by atoms with E-state index in [0.717, 1.165) is 25.7 Å². The maximum atomic E-state index is 12.0. The Bertz CT molecular complexity index is 617. The fourth-order valence-corrected chi connectivity index (χ4v) is 3.06. The molecule has 0 amide bonds. The normalized spacial score (nSPS) is 15.4. The Hall–Kier alpha value is -1.41. The van der Waals surface area contributed by atoms with E-state index < -0.39 is 16.0 Å². The minimum absolute atomic E-state index is 0.0910. The molecule has 21 heavy (non-hydrogen) atoms. The second-order valence-electron chi connectivity index (χ2n) is 5.81. The number of carbonyl (C=O) groups is 1. The van der Waals surface area contributed by atoms with E-state index in [9.17, 15) is 13.2 Å². The average molecular weight is 315 g/mol. The van der Waals surface area contributed by atoms with Crippen LogP contribution in [0.2, 0.25) is 0 Å². The van der Waals surface area contributed by atoms with Crippen LogP contribution in [0.4, 0.5) is 0 Å². The zero-order valence-electron chi connectivity index (χ0n) is 12.3. The van der Waals surface area contributed by atoms with E-state index in [2.05, 4.69) is 24.0 Å². The number of primary sulfonamides is 1. The molecule has 1 aromatic rings. The molecule has 1 aliphatic rings. The van der Waals surface area contributed by atoms with Crippen molar-refractivity contribution in [3.63, 3.8) is 0 Å². The first-order valence-corrected chi connectivity index (χ1v) is 8.63. The van der Waals surface area contributed by atoms with Gasteiger partial charge in [-0.05, 0) is 31.6 Å². The molecular formula is C13H21N3O4S. The molecule has 0 spiro atoms. The molecule has 2 rings (SSSR count). The summed E-state index contributed by atoms with van der Waals surface area (Å²) in [5.74, 6) is -0.130. The van der Waals surface area contributed by atoms with Crippen LogP contribution >= 0.6 is 0 Å². The van der Waals surface area contributed by atoms with Crippen LogP contribution < -0.4 is 5.14 Å². The summed E-state index contributed by atoms with van der Waals surface area (Å²) in [5.41, 5.74) is 0.190. The van der Waals surface area contributed by atoms with Gasteiger partial charge in [-0.25, -0.2) is 18.4 Å². The maximum Gasteiger partial charge on any atom is 0.360 e. The molecule has 3 N–H and O–H groups in total. The van der Waals surface area contributed by atoms with Gasteiger partial charge in [0, 0.05) is 5.92 Å². The molecule has 1 aliphatic carbocycles. The summed E-state index contributed by atoms with van der Waals surface area (Å²) in [6.07, 6.45) is 3.40. The van der Waals surface area contributed by atoms with Crippen molar-refractivity contribution in [1.82, 2.24) is 10.2 Å². The highest BCUT2D eigenvalue weighted by atomic mass is 32.2. The summed E-state index contributed by atoms with van der Waals surface area (Å²) in [6.45, 7) is 4.40. The molecule has 0 unspecified atom stereocenters. The molecular weight excluding hydrogens is 294 g/mol. The Balaban J connectivity index is 2.10. The number of rotatable bonds is 7. The number of carbonyl (C=O) groups excluding carboxylic acids is 1. The van der Waals surface area contributed by atoms with Gasteiger partial charge >= 0.3 is 5.97 Å². The highest BCUT2D eigenvalue weighted by molar-refractivity contribution is 7.89. The molecule has 118 valence electrons. The van der Waals surface area contributed by atoms with Crippen LogP contribution in [0.5, 0.6) is 0 Å². The molecule has 8 heteroatoms. The van der Waals surface area contributed by atoms with Crippen molar-refractivity contribution < 1.29 is 17.9 Å². The number of nitrogens with zero attached hydrogens (tertiary/aromatic N) is 1. The number of esters is 1. The van der Waals surface area contributed by atoms with Crippen LogP contribution in [0, 0.1) is 5.92 Å². The third kappa shape index (κ3) is 4.04. The minimum Gasteiger partial charge on any atom is -0.461 e. The number of ether oxygens (including phenoxy) is 1. The van der Waals surface area contributed by atoms with Crippen LogP contribution in [0.15, 0.2) is 4.90 Å². The van der Waals surface area contributed by atoms with Gasteiger partial charge < -0.3 is 4.74 Å². The predicted octanol–water partition coefficient (Wildman–Crippen LogP) is 1.53. The van der Waals surface area contributed by atoms with Gasteiger partial charge in [-0.1, -0.05) is 13.8 Å². The topological polar surface area (TPSA) is 115 Å². The van der Waals surface area contributed by atoms with Crippen molar-refractivity contribution in [2.45, 2.75) is 50.3 Å². The third-order valence-electron chi connectivity index (χ3n) is 3.37. The van der Waals surface area contributed by atoms with E-state index in [-0.39, 0.29) is 23.1 Å². The number of nitrogens with two attached hydrogens (primary N) is 1. The quantitative estimate of drug-likeness (QED) is 0.585. The Kier molecular flexibility index (Phi) is 4.67. The Morgan fingerprint density at radius 3 is 2.67 bits per heavy atom. The van der Waals surface area contributed by atoms with Gasteiger partial charge in [-0.2, -0.15) is 5.10 Å². The molecule has 0 atom stereocenters. The van der Waals surface area contributed by atoms with E-state index >= 15 is 0 Å². The second kappa shape index (κ2) is 6.15. The van der Waals surface area contributed by atoms with Crippen molar-refractivity contribution in [2.24, 2.45) is 11.1 Å². The lowest BCUT2D eigenvalue weighted by atomic mass is 10.1. The standard InChI is InChI=1S/C13H21N3O4S/c1-8(2)4-3-7-20-13(17)11-12(21(14,18)19)10(15-16-11)9-5-6-9/h8-9H,3-7H2,1-2H3,(H,15,16)(H2,14,18,19). The summed E-state index contributed by atoms with van der Waals surface area (Å²) in [6, 6.07) is 0. The molecule has 7 nitrogen and oxygen atoms in total. The average Bonchev–Trinajstić information content (AvgIpc) is 3.11. The minimum atomic E-state index is -4.01. The molecule has 1 saturated carbocycles. The lowest BCUT2D eigenvalue weighted by Crippen LogP contribution is -2.18. The molecule has 0 aromatic carbocycles. The Morgan fingerprint density at radius 1 is 1.48 bits per heavy atom. The first-order valence-electron chi connectivity index (χ1n) is 7.09. The van der Waals surface area contributed by atoms with Gasteiger partial charge in [0.05, 0.1) is 12.3 Å². The van der Waals surface area contributed by atoms with Gasteiger partial charge in [-0.15, -0.1) is 0 Å². The maximum absolute atomic E-state index is 12.0. The van der Waals surface area contributed by atoms with E-state index in [4.69, 9.17) is 9.88 Å². The highest BCUT2D eigenvalue weighted by Crippen LogP contribution is 2.42. The van der Waals surface area contributed by atoms with Gasteiger partial charge in [0.15, 0.2) is 5.69 Å². The first kappa shape index (κ1) is 16.0. The summed E-state index contributed by atoms with van der Waals surface area (Å²) < 4.78 is 28.5. The highest BCUT2D eigenvalue weighted by Gasteiger charge is 2.36. The van der Waals surface area contributed by atoms with E-state index in [1.54, 1.807) is 0 Å². The number of H-pyrrole nitrogens is 1. The molecule has 1 fully saturated rings. The number of nitrogens with one attached hydrogen (secondary N) is 1. The first-order chi connectivity index (χ1) is 9.80. The predicted molar refractivity (Wildman–Crippen MR) is 76.3 cm³/mol. The fraction of sp³-hybridized carbons (Fsp3) is 0.692. The lowest BCUT2D eigenvalue weighted by Gasteiger charge is -2.06. The van der Waals surface area contributed by atoms with Crippen LogP contribution in [-0.4, -0.2) is 31.2 Å². The van der Waals surface area contributed by atoms with Crippen molar-refractivity contribution in [3.05, 3.63) is 11.4 Å². The Morgan fingerprint density at radius 2 is 2.14 bits per heavy atom. The smallest absolute Gasteiger partial charge is 0.360 e. The van der Waals surface area contributed by atoms with E-state index in [1.165, 1.54) is 0 Å². The van der Waals surface area contributed by atoms with Crippen molar-refractivity contribution in [2.75, 3.05) is 6.61 Å². The lowest BCUT2D eigenvalue weighted by molar-refractivity contribution is 0.0483. The zero-order chi connectivity index (χ0) is 15.6. The molecule has 0 saturated heterocycles. The van der Waals surface area contributed by atoms with Crippen LogP contribution in [-0.2, 0) is 14.8 Å². The number of aromatic nitrogens is 2. The summed E-state index contributed by atoms with van der Waals surface area (Å²) >= 11 is 0. The number of aromatic amines is 1. The van der Waals surface area contributed by atoms with Gasteiger partial charge in [0.25, 0.3) is 0 Å². The van der Waals surface area contributed by atoms with Gasteiger partial charge in [0.2, 0.25) is 10.0 Å². The largest absolute Gasteiger partial charge is 0.461 e. The fourth-order valence-electron chi connectivity index (χ4n) is 2.15. The van der Waals surface area contributed by atoms with Crippen LogP contribution in [0.25, 0.3) is 0 Å². The molecule has 0 aliphatic heterocycles. The van der Waals surface area contributed by atoms with Crippen LogP contribution in [0.3, 0.4) is 0 Å². The second-order valence-corrected chi connectivity index (χ2v) is 7.30. The van der Waals surface area contributed by atoms with E-state index in [1.807, 2.05) is 0 Å². The molecule has 0 bridgehead atoms. The third-order valence-corrected chi connectivity index (χ3v) is 4.35. The zero-order valence-corrected chi connectivity index (χ0v) is 13.1. The summed E-state index contributed by atoms with van der Waals surface area (Å²) in [5, 5.41) is 11.6. The van der Waals surface area contributed by atoms with E-state index in [0.29, 0.717) is 11.6 Å². The molecule has 1 heterocycles. The summed E-state index contributed by atoms with van der Waals surface area (Å²) in [4.78, 5) is 11.8. The van der Waals surface area contributed by atoms with Gasteiger partial charge in [-0.3, -0.25) is 5.10 Å². The monoisotopic (exact) mass is 315 g/mol. The Labute approximate surface area is 124 Å². The molecule has 1 aromatic heterocycles. The van der Waals surface area contributed by atoms with Crippen molar-refractivity contribution >= 4 is 16.0 Å². The van der Waals surface area contributed by atoms with Gasteiger partial charge in [0.1, 0.15) is 4.90 Å². The molecule has 0 radical (unpaired) electrons. The van der Waals surface area contributed by atoms with Crippen molar-refractivity contribution in [1.29, 1.82) is 0 Å². The van der Waals surface area contributed by atoms with Crippen LogP contribution in [0.1, 0.15) is 61.6 Å².